The van der Waals surface area contributed by atoms with Gasteiger partial charge in [0.25, 0.3) is 0 Å². The van der Waals surface area contributed by atoms with E-state index in [1.165, 1.54) is 0 Å². The number of rotatable bonds is 1. The van der Waals surface area contributed by atoms with Crippen LogP contribution in [0.25, 0.3) is 0 Å². The maximum Gasteiger partial charge on any atom is 0.228 e. The van der Waals surface area contributed by atoms with Crippen molar-refractivity contribution in [3.63, 3.8) is 0 Å². The number of anilines is 1. The third-order valence-electron chi connectivity index (χ3n) is 2.37. The van der Waals surface area contributed by atoms with Gasteiger partial charge in [0.05, 0.1) is 11.4 Å². The number of carbonyl (C=O) groups is 1. The first-order chi connectivity index (χ1) is 6.68. The molecule has 1 unspecified atom stereocenters. The van der Waals surface area contributed by atoms with Crippen LogP contribution >= 0.6 is 12.6 Å². The zero-order chi connectivity index (χ0) is 10.1. The number of carbonyl (C=O) groups excluding carboxylic acids is 1. The van der Waals surface area contributed by atoms with Gasteiger partial charge in [-0.1, -0.05) is 0 Å². The Balaban J connectivity index is 2.32. The summed E-state index contributed by atoms with van der Waals surface area (Å²) in [5.74, 6) is 0.140. The van der Waals surface area contributed by atoms with E-state index in [0.29, 0.717) is 13.0 Å². The standard InChI is InChI=1S/C10H12N2OS/c1-7-9(3-2-4-11-7)12-6-8(14)5-10(12)13/h2-4,8,14H,5-6H2,1H3. The summed E-state index contributed by atoms with van der Waals surface area (Å²) in [6.07, 6.45) is 2.26. The van der Waals surface area contributed by atoms with Crippen LogP contribution in [0.4, 0.5) is 5.69 Å². The predicted molar refractivity (Wildman–Crippen MR) is 58.7 cm³/mol. The van der Waals surface area contributed by atoms with Crippen LogP contribution in [0, 0.1) is 6.92 Å². The van der Waals surface area contributed by atoms with Crippen molar-refractivity contribution in [2.45, 2.75) is 18.6 Å². The molecule has 0 aromatic carbocycles. The molecule has 2 heterocycles. The number of pyridine rings is 1. The minimum Gasteiger partial charge on any atom is -0.309 e. The molecule has 3 nitrogen and oxygen atoms in total. The van der Waals surface area contributed by atoms with Crippen LogP contribution in [0.15, 0.2) is 18.3 Å². The molecule has 4 heteroatoms. The Kier molecular flexibility index (Phi) is 2.46. The van der Waals surface area contributed by atoms with Gasteiger partial charge in [-0.05, 0) is 19.1 Å². The Labute approximate surface area is 88.5 Å². The highest BCUT2D eigenvalue weighted by atomic mass is 32.1. The van der Waals surface area contributed by atoms with Gasteiger partial charge in [0.2, 0.25) is 5.91 Å². The number of aromatic nitrogens is 1. The number of nitrogens with zero attached hydrogens (tertiary/aromatic N) is 2. The zero-order valence-corrected chi connectivity index (χ0v) is 8.87. The molecule has 1 saturated heterocycles. The van der Waals surface area contributed by atoms with Crippen molar-refractivity contribution in [3.8, 4) is 0 Å². The Morgan fingerprint density at radius 2 is 2.43 bits per heavy atom. The fourth-order valence-electron chi connectivity index (χ4n) is 1.68. The van der Waals surface area contributed by atoms with E-state index in [-0.39, 0.29) is 11.2 Å². The normalized spacial score (nSPS) is 21.7. The monoisotopic (exact) mass is 208 g/mol. The molecule has 74 valence electrons. The molecule has 1 aliphatic heterocycles. The fraction of sp³-hybridized carbons (Fsp3) is 0.400. The zero-order valence-electron chi connectivity index (χ0n) is 7.97. The lowest BCUT2D eigenvalue weighted by Gasteiger charge is -2.17. The lowest BCUT2D eigenvalue weighted by atomic mass is 10.3. The van der Waals surface area contributed by atoms with Gasteiger partial charge in [0.15, 0.2) is 0 Å². The molecule has 1 aromatic heterocycles. The maximum absolute atomic E-state index is 11.6. The van der Waals surface area contributed by atoms with Crippen LogP contribution in [-0.4, -0.2) is 22.7 Å². The van der Waals surface area contributed by atoms with Crippen LogP contribution in [0.2, 0.25) is 0 Å². The summed E-state index contributed by atoms with van der Waals surface area (Å²) in [6.45, 7) is 2.60. The molecule has 1 fully saturated rings. The van der Waals surface area contributed by atoms with Gasteiger partial charge in [-0.25, -0.2) is 0 Å². The van der Waals surface area contributed by atoms with E-state index in [9.17, 15) is 4.79 Å². The van der Waals surface area contributed by atoms with Gasteiger partial charge in [-0.15, -0.1) is 0 Å². The van der Waals surface area contributed by atoms with Crippen molar-refractivity contribution in [1.82, 2.24) is 4.98 Å². The van der Waals surface area contributed by atoms with Crippen LogP contribution in [0.3, 0.4) is 0 Å². The fourth-order valence-corrected chi connectivity index (χ4v) is 2.00. The second kappa shape index (κ2) is 3.61. The van der Waals surface area contributed by atoms with Crippen molar-refractivity contribution >= 4 is 24.2 Å². The number of thiol groups is 1. The van der Waals surface area contributed by atoms with E-state index >= 15 is 0 Å². The summed E-state index contributed by atoms with van der Waals surface area (Å²) < 4.78 is 0. The molecule has 1 atom stereocenters. The quantitative estimate of drug-likeness (QED) is 0.708. The Bertz CT molecular complexity index is 367. The summed E-state index contributed by atoms with van der Waals surface area (Å²) in [4.78, 5) is 17.5. The van der Waals surface area contributed by atoms with Crippen molar-refractivity contribution in [2.24, 2.45) is 0 Å². The molecule has 0 aliphatic carbocycles. The molecule has 1 aliphatic rings. The molecule has 0 N–H and O–H groups in total. The topological polar surface area (TPSA) is 33.2 Å². The van der Waals surface area contributed by atoms with E-state index in [1.54, 1.807) is 11.1 Å². The highest BCUT2D eigenvalue weighted by Crippen LogP contribution is 2.25. The number of amides is 1. The summed E-state index contributed by atoms with van der Waals surface area (Å²) in [6, 6.07) is 3.77. The second-order valence-corrected chi connectivity index (χ2v) is 4.20. The van der Waals surface area contributed by atoms with Gasteiger partial charge in [-0.3, -0.25) is 9.78 Å². The lowest BCUT2D eigenvalue weighted by molar-refractivity contribution is -0.117. The highest BCUT2D eigenvalue weighted by Gasteiger charge is 2.29. The molecule has 1 aromatic rings. The summed E-state index contributed by atoms with van der Waals surface area (Å²) in [5.41, 5.74) is 1.80. The predicted octanol–water partition coefficient (Wildman–Crippen LogP) is 1.43. The molecular formula is C10H12N2OS. The number of hydrogen-bond acceptors (Lipinski definition) is 3. The SMILES string of the molecule is Cc1ncccc1N1CC(S)CC1=O. The second-order valence-electron chi connectivity index (χ2n) is 3.47. The van der Waals surface area contributed by atoms with Crippen LogP contribution < -0.4 is 4.90 Å². The first kappa shape index (κ1) is 9.52. The van der Waals surface area contributed by atoms with E-state index < -0.39 is 0 Å². The number of hydrogen-bond donors (Lipinski definition) is 1. The lowest BCUT2D eigenvalue weighted by Crippen LogP contribution is -2.25. The van der Waals surface area contributed by atoms with Crippen molar-refractivity contribution in [1.29, 1.82) is 0 Å². The summed E-state index contributed by atoms with van der Waals surface area (Å²) >= 11 is 4.31. The van der Waals surface area contributed by atoms with Crippen LogP contribution in [0.5, 0.6) is 0 Å². The highest BCUT2D eigenvalue weighted by molar-refractivity contribution is 7.81. The molecule has 2 rings (SSSR count). The van der Waals surface area contributed by atoms with Gasteiger partial charge >= 0.3 is 0 Å². The van der Waals surface area contributed by atoms with Crippen molar-refractivity contribution in [3.05, 3.63) is 24.0 Å². The molecule has 0 spiro atoms. The molecule has 0 bridgehead atoms. The molecule has 1 amide bonds. The Morgan fingerprint density at radius 1 is 1.64 bits per heavy atom. The third-order valence-corrected chi connectivity index (χ3v) is 2.72. The summed E-state index contributed by atoms with van der Waals surface area (Å²) in [5, 5.41) is 0.155. The third kappa shape index (κ3) is 1.62. The van der Waals surface area contributed by atoms with Crippen LogP contribution in [-0.2, 0) is 4.79 Å². The molecular weight excluding hydrogens is 196 g/mol. The van der Waals surface area contributed by atoms with Crippen molar-refractivity contribution < 1.29 is 4.79 Å². The largest absolute Gasteiger partial charge is 0.309 e. The van der Waals surface area contributed by atoms with Gasteiger partial charge in [-0.2, -0.15) is 12.6 Å². The average molecular weight is 208 g/mol. The van der Waals surface area contributed by atoms with E-state index in [4.69, 9.17) is 0 Å². The molecule has 14 heavy (non-hydrogen) atoms. The molecule has 0 radical (unpaired) electrons. The minimum absolute atomic E-state index is 0.140. The summed E-state index contributed by atoms with van der Waals surface area (Å²) in [7, 11) is 0. The average Bonchev–Trinajstić information content (AvgIpc) is 2.46. The van der Waals surface area contributed by atoms with Crippen LogP contribution in [0.1, 0.15) is 12.1 Å². The first-order valence-corrected chi connectivity index (χ1v) is 5.10. The van der Waals surface area contributed by atoms with Gasteiger partial charge in [0, 0.05) is 24.4 Å². The van der Waals surface area contributed by atoms with Gasteiger partial charge < -0.3 is 4.90 Å². The van der Waals surface area contributed by atoms with E-state index in [1.807, 2.05) is 19.1 Å². The van der Waals surface area contributed by atoms with Gasteiger partial charge in [0.1, 0.15) is 0 Å². The first-order valence-electron chi connectivity index (χ1n) is 4.58. The number of aryl methyl sites for hydroxylation is 1. The molecule has 0 saturated carbocycles. The maximum atomic E-state index is 11.6. The Hall–Kier alpha value is -1.03. The van der Waals surface area contributed by atoms with E-state index in [0.717, 1.165) is 11.4 Å². The Morgan fingerprint density at radius 3 is 3.00 bits per heavy atom. The van der Waals surface area contributed by atoms with Crippen molar-refractivity contribution in [2.75, 3.05) is 11.4 Å². The smallest absolute Gasteiger partial charge is 0.228 e. The van der Waals surface area contributed by atoms with E-state index in [2.05, 4.69) is 17.6 Å². The minimum atomic E-state index is 0.140.